The van der Waals surface area contributed by atoms with Gasteiger partial charge in [-0.15, -0.1) is 12.4 Å². The van der Waals surface area contributed by atoms with Crippen molar-refractivity contribution in [3.63, 3.8) is 0 Å². The van der Waals surface area contributed by atoms with Crippen molar-refractivity contribution in [2.75, 3.05) is 32.0 Å². The number of rotatable bonds is 7. The van der Waals surface area contributed by atoms with Crippen molar-refractivity contribution >= 4 is 29.9 Å². The zero-order valence-electron chi connectivity index (χ0n) is 16.5. The summed E-state index contributed by atoms with van der Waals surface area (Å²) in [5.41, 5.74) is 7.98. The number of aryl methyl sites for hydroxylation is 1. The predicted octanol–water partition coefficient (Wildman–Crippen LogP) is 2.78. The topological polar surface area (TPSA) is 84.7 Å². The van der Waals surface area contributed by atoms with Crippen molar-refractivity contribution in [3.8, 4) is 0 Å². The van der Waals surface area contributed by atoms with Crippen molar-refractivity contribution in [1.82, 2.24) is 10.2 Å². The first-order chi connectivity index (χ1) is 12.4. The van der Waals surface area contributed by atoms with Crippen LogP contribution in [-0.2, 0) is 9.53 Å². The lowest BCUT2D eigenvalue weighted by atomic mass is 9.95. The second-order valence-corrected chi connectivity index (χ2v) is 7.20. The Morgan fingerprint density at radius 1 is 1.30 bits per heavy atom. The van der Waals surface area contributed by atoms with E-state index in [1.165, 1.54) is 0 Å². The summed E-state index contributed by atoms with van der Waals surface area (Å²) in [7, 11) is 0. The second-order valence-electron chi connectivity index (χ2n) is 7.20. The first kappa shape index (κ1) is 23.2. The number of nitrogens with zero attached hydrogens (tertiary/aromatic N) is 1. The van der Waals surface area contributed by atoms with Gasteiger partial charge in [0, 0.05) is 43.4 Å². The molecule has 3 N–H and O–H groups in total. The number of amides is 2. The lowest BCUT2D eigenvalue weighted by molar-refractivity contribution is -0.126. The van der Waals surface area contributed by atoms with E-state index in [1.54, 1.807) is 12.1 Å². The number of likely N-dealkylation sites (tertiary alicyclic amines) is 1. The molecule has 1 fully saturated rings. The average molecular weight is 398 g/mol. The number of carbonyl (C=O) groups is 2. The molecule has 27 heavy (non-hydrogen) atoms. The van der Waals surface area contributed by atoms with Crippen molar-refractivity contribution < 1.29 is 14.3 Å². The largest absolute Gasteiger partial charge is 0.399 e. The minimum atomic E-state index is -0.0213. The second kappa shape index (κ2) is 11.1. The molecular weight excluding hydrogens is 366 g/mol. The summed E-state index contributed by atoms with van der Waals surface area (Å²) < 4.78 is 5.47. The Hall–Kier alpha value is -1.79. The number of nitrogens with one attached hydrogen (secondary N) is 1. The quantitative estimate of drug-likeness (QED) is 0.547. The summed E-state index contributed by atoms with van der Waals surface area (Å²) in [6.07, 6.45) is 2.43. The molecule has 0 aromatic heterocycles. The number of piperidine rings is 1. The fourth-order valence-corrected chi connectivity index (χ4v) is 3.13. The number of halogens is 1. The number of ether oxygens (including phenoxy) is 1. The van der Waals surface area contributed by atoms with Gasteiger partial charge in [-0.05, 0) is 57.7 Å². The molecule has 2 amide bonds. The third-order valence-electron chi connectivity index (χ3n) is 4.72. The van der Waals surface area contributed by atoms with E-state index in [0.29, 0.717) is 50.3 Å². The van der Waals surface area contributed by atoms with Gasteiger partial charge >= 0.3 is 0 Å². The van der Waals surface area contributed by atoms with Crippen LogP contribution < -0.4 is 11.1 Å². The summed E-state index contributed by atoms with van der Waals surface area (Å²) in [6.45, 7) is 8.40. The van der Waals surface area contributed by atoms with Crippen LogP contribution in [0.3, 0.4) is 0 Å². The summed E-state index contributed by atoms with van der Waals surface area (Å²) in [5, 5.41) is 2.98. The Labute approximate surface area is 168 Å². The zero-order chi connectivity index (χ0) is 19.1. The van der Waals surface area contributed by atoms with Crippen LogP contribution >= 0.6 is 12.4 Å². The Kier molecular flexibility index (Phi) is 9.60. The van der Waals surface area contributed by atoms with Gasteiger partial charge in [0.05, 0.1) is 6.10 Å². The van der Waals surface area contributed by atoms with Crippen molar-refractivity contribution in [1.29, 1.82) is 0 Å². The maximum Gasteiger partial charge on any atom is 0.254 e. The van der Waals surface area contributed by atoms with Gasteiger partial charge in [-0.1, -0.05) is 6.07 Å². The minimum absolute atomic E-state index is 0. The molecule has 1 aliphatic heterocycles. The highest BCUT2D eigenvalue weighted by Gasteiger charge is 2.28. The molecule has 6 nitrogen and oxygen atoms in total. The summed E-state index contributed by atoms with van der Waals surface area (Å²) in [5.74, 6) is 0.0632. The molecule has 0 aliphatic carbocycles. The van der Waals surface area contributed by atoms with E-state index < -0.39 is 0 Å². The van der Waals surface area contributed by atoms with Gasteiger partial charge < -0.3 is 20.7 Å². The molecule has 1 heterocycles. The first-order valence-corrected chi connectivity index (χ1v) is 9.43. The van der Waals surface area contributed by atoms with Gasteiger partial charge in [-0.25, -0.2) is 0 Å². The van der Waals surface area contributed by atoms with Crippen LogP contribution in [0, 0.1) is 12.8 Å². The Morgan fingerprint density at radius 2 is 1.96 bits per heavy atom. The van der Waals surface area contributed by atoms with Crippen LogP contribution in [0.5, 0.6) is 0 Å². The van der Waals surface area contributed by atoms with E-state index in [4.69, 9.17) is 10.5 Å². The summed E-state index contributed by atoms with van der Waals surface area (Å²) >= 11 is 0. The van der Waals surface area contributed by atoms with Crippen LogP contribution in [0.1, 0.15) is 49.0 Å². The normalized spacial score (nSPS) is 14.7. The molecule has 0 atom stereocenters. The molecule has 2 rings (SSSR count). The van der Waals surface area contributed by atoms with E-state index in [0.717, 1.165) is 12.0 Å². The first-order valence-electron chi connectivity index (χ1n) is 9.43. The highest BCUT2D eigenvalue weighted by molar-refractivity contribution is 5.96. The number of benzene rings is 1. The van der Waals surface area contributed by atoms with Gasteiger partial charge in [0.1, 0.15) is 0 Å². The molecule has 1 aliphatic rings. The standard InChI is InChI=1S/C20H31N3O3.ClH/c1-14(2)26-12-4-9-22-19(24)16-7-10-23(11-8-16)20(25)18-13-17(21)6-5-15(18)3;/h5-6,13-14,16H,4,7-12,21H2,1-3H3,(H,22,24);1H. The predicted molar refractivity (Wildman–Crippen MR) is 110 cm³/mol. The molecule has 0 unspecified atom stereocenters. The van der Waals surface area contributed by atoms with E-state index >= 15 is 0 Å². The van der Waals surface area contributed by atoms with Gasteiger partial charge in [0.25, 0.3) is 5.91 Å². The van der Waals surface area contributed by atoms with Crippen molar-refractivity contribution in [2.45, 2.75) is 46.1 Å². The highest BCUT2D eigenvalue weighted by atomic mass is 35.5. The van der Waals surface area contributed by atoms with E-state index in [-0.39, 0.29) is 36.2 Å². The lowest BCUT2D eigenvalue weighted by Gasteiger charge is -2.31. The molecule has 0 radical (unpaired) electrons. The highest BCUT2D eigenvalue weighted by Crippen LogP contribution is 2.21. The molecule has 1 saturated heterocycles. The van der Waals surface area contributed by atoms with Gasteiger partial charge in [0.2, 0.25) is 5.91 Å². The zero-order valence-corrected chi connectivity index (χ0v) is 17.3. The average Bonchev–Trinajstić information content (AvgIpc) is 2.62. The van der Waals surface area contributed by atoms with E-state index in [9.17, 15) is 9.59 Å². The molecule has 0 saturated carbocycles. The van der Waals surface area contributed by atoms with Crippen LogP contribution in [0.25, 0.3) is 0 Å². The van der Waals surface area contributed by atoms with Gasteiger partial charge in [0.15, 0.2) is 0 Å². The van der Waals surface area contributed by atoms with Crippen LogP contribution in [0.2, 0.25) is 0 Å². The fourth-order valence-electron chi connectivity index (χ4n) is 3.13. The SMILES string of the molecule is Cc1ccc(N)cc1C(=O)N1CCC(C(=O)NCCCOC(C)C)CC1.Cl. The molecule has 7 heteroatoms. The van der Waals surface area contributed by atoms with Crippen LogP contribution in [0.15, 0.2) is 18.2 Å². The number of carbonyl (C=O) groups excluding carboxylic acids is 2. The van der Waals surface area contributed by atoms with E-state index in [1.807, 2.05) is 31.7 Å². The number of hydrogen-bond donors (Lipinski definition) is 2. The summed E-state index contributed by atoms with van der Waals surface area (Å²) in [4.78, 5) is 26.8. The molecule has 1 aromatic rings. The number of nitrogen functional groups attached to an aromatic ring is 1. The fraction of sp³-hybridized carbons (Fsp3) is 0.600. The third kappa shape index (κ3) is 7.03. The maximum atomic E-state index is 12.7. The Balaban J connectivity index is 0.00000364. The summed E-state index contributed by atoms with van der Waals surface area (Å²) in [6, 6.07) is 5.40. The lowest BCUT2D eigenvalue weighted by Crippen LogP contribution is -2.43. The molecule has 0 bridgehead atoms. The monoisotopic (exact) mass is 397 g/mol. The molecule has 152 valence electrons. The number of hydrogen-bond acceptors (Lipinski definition) is 4. The smallest absolute Gasteiger partial charge is 0.254 e. The van der Waals surface area contributed by atoms with Crippen molar-refractivity contribution in [3.05, 3.63) is 29.3 Å². The van der Waals surface area contributed by atoms with Crippen LogP contribution in [0.4, 0.5) is 5.69 Å². The van der Waals surface area contributed by atoms with Crippen LogP contribution in [-0.4, -0.2) is 49.1 Å². The Bertz CT molecular complexity index is 629. The third-order valence-corrected chi connectivity index (χ3v) is 4.72. The number of anilines is 1. The number of nitrogens with two attached hydrogens (primary N) is 1. The van der Waals surface area contributed by atoms with Crippen molar-refractivity contribution in [2.24, 2.45) is 5.92 Å². The molecular formula is C20H32ClN3O3. The molecule has 0 spiro atoms. The molecule has 1 aromatic carbocycles. The Morgan fingerprint density at radius 3 is 2.59 bits per heavy atom. The van der Waals surface area contributed by atoms with E-state index in [2.05, 4.69) is 5.32 Å². The maximum absolute atomic E-state index is 12.7. The van der Waals surface area contributed by atoms with Gasteiger partial charge in [-0.3, -0.25) is 9.59 Å². The van der Waals surface area contributed by atoms with Gasteiger partial charge in [-0.2, -0.15) is 0 Å². The minimum Gasteiger partial charge on any atom is -0.399 e.